The SMILES string of the molecule is Cc1ccc(N(c2ccccc2)c2cc3c(c4ccccc24)-c2c(cc(N(c4ccccc4)c4ccc(C)c(C)c4)c4ccccc24)C3([Si](C)(C)C)[Si](C)(C)C)cc1C. The molecule has 1 aliphatic carbocycles. The molecule has 0 bridgehead atoms. The second-order valence-corrected chi connectivity index (χ2v) is 29.9. The zero-order chi connectivity index (χ0) is 41.4. The van der Waals surface area contributed by atoms with E-state index in [9.17, 15) is 0 Å². The molecule has 0 spiro atoms. The first kappa shape index (κ1) is 38.8. The molecule has 1 aliphatic rings. The van der Waals surface area contributed by atoms with Crippen LogP contribution in [0.5, 0.6) is 0 Å². The lowest BCUT2D eigenvalue weighted by molar-refractivity contribution is 0.953. The Bertz CT molecular complexity index is 2700. The normalized spacial score (nSPS) is 13.4. The first-order chi connectivity index (χ1) is 28.2. The number of para-hydroxylation sites is 2. The van der Waals surface area contributed by atoms with Crippen molar-refractivity contribution in [1.29, 1.82) is 0 Å². The number of rotatable bonds is 8. The maximum absolute atomic E-state index is 2.66. The van der Waals surface area contributed by atoms with Gasteiger partial charge in [-0.2, -0.15) is 0 Å². The van der Waals surface area contributed by atoms with Crippen LogP contribution in [-0.2, 0) is 4.66 Å². The first-order valence-electron chi connectivity index (χ1n) is 21.2. The van der Waals surface area contributed by atoms with Gasteiger partial charge in [0.2, 0.25) is 0 Å². The van der Waals surface area contributed by atoms with E-state index < -0.39 is 16.1 Å². The van der Waals surface area contributed by atoms with Gasteiger partial charge in [0.05, 0.1) is 27.5 Å². The Labute approximate surface area is 353 Å². The van der Waals surface area contributed by atoms with Crippen molar-refractivity contribution in [3.63, 3.8) is 0 Å². The Morgan fingerprint density at radius 2 is 0.678 bits per heavy atom. The number of aryl methyl sites for hydroxylation is 4. The van der Waals surface area contributed by atoms with Crippen molar-refractivity contribution in [2.75, 3.05) is 9.80 Å². The Balaban J connectivity index is 1.45. The highest BCUT2D eigenvalue weighted by atomic mass is 28.4. The molecule has 0 saturated carbocycles. The summed E-state index contributed by atoms with van der Waals surface area (Å²) in [5.41, 5.74) is 18.3. The summed E-state index contributed by atoms with van der Waals surface area (Å²) < 4.78 is -0.126. The molecule has 0 saturated heterocycles. The lowest BCUT2D eigenvalue weighted by atomic mass is 9.91. The van der Waals surface area contributed by atoms with Crippen LogP contribution in [0.25, 0.3) is 32.7 Å². The lowest BCUT2D eigenvalue weighted by Crippen LogP contribution is -2.63. The number of benzene rings is 8. The summed E-state index contributed by atoms with van der Waals surface area (Å²) in [5, 5.41) is 5.21. The average molecular weight is 801 g/mol. The predicted octanol–water partition coefficient (Wildman–Crippen LogP) is 16.2. The summed E-state index contributed by atoms with van der Waals surface area (Å²) in [4.78, 5) is 5.05. The molecule has 0 aromatic heterocycles. The summed E-state index contributed by atoms with van der Waals surface area (Å²) in [6.45, 7) is 24.8. The molecular weight excluding hydrogens is 745 g/mol. The molecule has 0 fully saturated rings. The highest BCUT2D eigenvalue weighted by Gasteiger charge is 2.60. The molecule has 0 amide bonds. The van der Waals surface area contributed by atoms with Crippen LogP contribution in [0, 0.1) is 27.7 Å². The van der Waals surface area contributed by atoms with Gasteiger partial charge in [0, 0.05) is 38.2 Å². The Morgan fingerprint density at radius 1 is 0.339 bits per heavy atom. The molecule has 59 heavy (non-hydrogen) atoms. The van der Waals surface area contributed by atoms with Crippen molar-refractivity contribution >= 4 is 71.8 Å². The Morgan fingerprint density at radius 3 is 1.02 bits per heavy atom. The smallest absolute Gasteiger partial charge is 0.0579 e. The van der Waals surface area contributed by atoms with E-state index in [2.05, 4.69) is 235 Å². The molecule has 9 rings (SSSR count). The van der Waals surface area contributed by atoms with Gasteiger partial charge in [-0.25, -0.2) is 0 Å². The van der Waals surface area contributed by atoms with Crippen molar-refractivity contribution in [3.8, 4) is 11.1 Å². The summed E-state index contributed by atoms with van der Waals surface area (Å²) in [6, 6.07) is 59.7. The number of nitrogens with zero attached hydrogens (tertiary/aromatic N) is 2. The fourth-order valence-corrected chi connectivity index (χ4v) is 23.9. The number of anilines is 6. The van der Waals surface area contributed by atoms with Gasteiger partial charge in [0.25, 0.3) is 0 Å². The second kappa shape index (κ2) is 14.3. The van der Waals surface area contributed by atoms with Gasteiger partial charge in [0.1, 0.15) is 0 Å². The summed E-state index contributed by atoms with van der Waals surface area (Å²) in [7, 11) is -4.26. The molecule has 0 heterocycles. The van der Waals surface area contributed by atoms with Crippen molar-refractivity contribution < 1.29 is 0 Å². The standard InChI is InChI=1S/C55H56N2Si2/c1-37-29-31-43(33-39(37)3)56(41-21-13-11-14-22-41)51-35-49-53(47-27-19-17-25-45(47)51)54-48-28-20-18-26-46(48)52(36-50(54)55(49,58(5,6)7)59(8,9)10)57(42-23-15-12-16-24-42)44-32-30-38(2)40(4)34-44/h11-36H,1-10H3. The molecule has 8 aromatic carbocycles. The molecule has 0 unspecified atom stereocenters. The maximum Gasteiger partial charge on any atom is 0.0579 e. The van der Waals surface area contributed by atoms with Crippen LogP contribution in [0.1, 0.15) is 33.4 Å². The van der Waals surface area contributed by atoms with Gasteiger partial charge in [-0.15, -0.1) is 0 Å². The van der Waals surface area contributed by atoms with E-state index in [0.29, 0.717) is 0 Å². The van der Waals surface area contributed by atoms with Gasteiger partial charge < -0.3 is 9.80 Å². The molecule has 2 nitrogen and oxygen atoms in total. The van der Waals surface area contributed by atoms with Gasteiger partial charge >= 0.3 is 0 Å². The Kier molecular flexibility index (Phi) is 9.37. The summed E-state index contributed by atoms with van der Waals surface area (Å²) in [6.07, 6.45) is 0. The monoisotopic (exact) mass is 800 g/mol. The van der Waals surface area contributed by atoms with Crippen molar-refractivity contribution in [2.45, 2.75) is 71.6 Å². The van der Waals surface area contributed by atoms with E-state index in [0.717, 1.165) is 0 Å². The quantitative estimate of drug-likeness (QED) is 0.141. The van der Waals surface area contributed by atoms with Crippen molar-refractivity contribution in [3.05, 3.63) is 191 Å². The minimum atomic E-state index is -2.13. The molecule has 0 aliphatic heterocycles. The zero-order valence-corrected chi connectivity index (χ0v) is 38.4. The largest absolute Gasteiger partial charge is 0.310 e. The molecule has 294 valence electrons. The molecular formula is C55H56N2Si2. The van der Waals surface area contributed by atoms with Crippen LogP contribution < -0.4 is 9.80 Å². The Hall–Kier alpha value is -5.69. The molecule has 8 aromatic rings. The van der Waals surface area contributed by atoms with E-state index in [1.807, 2.05) is 0 Å². The van der Waals surface area contributed by atoms with E-state index in [1.165, 1.54) is 100 Å². The third-order valence-electron chi connectivity index (χ3n) is 13.4. The van der Waals surface area contributed by atoms with E-state index in [1.54, 1.807) is 0 Å². The number of hydrogen-bond acceptors (Lipinski definition) is 2. The van der Waals surface area contributed by atoms with Crippen LogP contribution in [0.3, 0.4) is 0 Å². The predicted molar refractivity (Wildman–Crippen MR) is 263 cm³/mol. The van der Waals surface area contributed by atoms with Crippen LogP contribution >= 0.6 is 0 Å². The molecule has 4 heteroatoms. The lowest BCUT2D eigenvalue weighted by Gasteiger charge is -2.51. The fraction of sp³-hybridized carbons (Fsp3) is 0.200. The third-order valence-corrected chi connectivity index (χ3v) is 23.4. The zero-order valence-electron chi connectivity index (χ0n) is 36.4. The van der Waals surface area contributed by atoms with E-state index >= 15 is 0 Å². The van der Waals surface area contributed by atoms with Gasteiger partial charge in [-0.05, 0) is 144 Å². The third kappa shape index (κ3) is 6.02. The van der Waals surface area contributed by atoms with Crippen LogP contribution in [0.2, 0.25) is 39.3 Å². The van der Waals surface area contributed by atoms with Crippen molar-refractivity contribution in [2.24, 2.45) is 0 Å². The van der Waals surface area contributed by atoms with E-state index in [4.69, 9.17) is 0 Å². The first-order valence-corrected chi connectivity index (χ1v) is 28.2. The minimum absolute atomic E-state index is 0.126. The van der Waals surface area contributed by atoms with Crippen molar-refractivity contribution in [1.82, 2.24) is 0 Å². The topological polar surface area (TPSA) is 6.48 Å². The summed E-state index contributed by atoms with van der Waals surface area (Å²) >= 11 is 0. The number of fused-ring (bicyclic) bond motifs is 7. The minimum Gasteiger partial charge on any atom is -0.310 e. The van der Waals surface area contributed by atoms with Gasteiger partial charge in [0.15, 0.2) is 0 Å². The highest BCUT2D eigenvalue weighted by molar-refractivity contribution is 7.00. The van der Waals surface area contributed by atoms with Crippen LogP contribution in [0.4, 0.5) is 34.1 Å². The van der Waals surface area contributed by atoms with E-state index in [-0.39, 0.29) is 4.66 Å². The number of hydrogen-bond donors (Lipinski definition) is 0. The molecule has 0 radical (unpaired) electrons. The maximum atomic E-state index is 2.66. The molecule has 0 N–H and O–H groups in total. The average Bonchev–Trinajstić information content (AvgIpc) is 3.54. The van der Waals surface area contributed by atoms with Crippen LogP contribution in [0.15, 0.2) is 158 Å². The van der Waals surface area contributed by atoms with Gasteiger partial charge in [-0.3, -0.25) is 0 Å². The highest BCUT2D eigenvalue weighted by Crippen LogP contribution is 2.63. The van der Waals surface area contributed by atoms with Crippen LogP contribution in [-0.4, -0.2) is 16.1 Å². The second-order valence-electron chi connectivity index (χ2n) is 18.9. The summed E-state index contributed by atoms with van der Waals surface area (Å²) in [5.74, 6) is 0. The molecule has 0 atom stereocenters. The fourth-order valence-electron chi connectivity index (χ4n) is 10.8. The van der Waals surface area contributed by atoms with Gasteiger partial charge in [-0.1, -0.05) is 136 Å².